The van der Waals surface area contributed by atoms with Gasteiger partial charge in [-0.25, -0.2) is 4.79 Å². The highest BCUT2D eigenvalue weighted by Gasteiger charge is 2.52. The maximum atomic E-state index is 13.5. The van der Waals surface area contributed by atoms with Crippen molar-refractivity contribution in [2.45, 2.75) is 57.8 Å². The first-order valence-electron chi connectivity index (χ1n) is 10.5. The van der Waals surface area contributed by atoms with Crippen LogP contribution >= 0.6 is 0 Å². The fourth-order valence-electron chi connectivity index (χ4n) is 4.10. The van der Waals surface area contributed by atoms with Crippen molar-refractivity contribution in [3.05, 3.63) is 53.6 Å². The van der Waals surface area contributed by atoms with Crippen molar-refractivity contribution in [2.24, 2.45) is 0 Å². The molecule has 0 aromatic carbocycles. The number of pyridine rings is 1. The van der Waals surface area contributed by atoms with Gasteiger partial charge in [0.25, 0.3) is 5.91 Å². The third-order valence-corrected chi connectivity index (χ3v) is 5.92. The Morgan fingerprint density at radius 2 is 2.03 bits per heavy atom. The quantitative estimate of drug-likeness (QED) is 0.753. The molecule has 0 unspecified atom stereocenters. The predicted octanol–water partition coefficient (Wildman–Crippen LogP) is 3.43. The molecule has 0 saturated heterocycles. The molecule has 0 spiro atoms. The van der Waals surface area contributed by atoms with Crippen molar-refractivity contribution in [1.82, 2.24) is 24.6 Å². The molecule has 0 N–H and O–H groups in total. The average molecular weight is 424 g/mol. The van der Waals surface area contributed by atoms with E-state index in [4.69, 9.17) is 4.74 Å². The Bertz CT molecular complexity index is 1030. The number of hydrogen-bond donors (Lipinski definition) is 0. The third-order valence-electron chi connectivity index (χ3n) is 5.92. The van der Waals surface area contributed by atoms with Crippen molar-refractivity contribution in [2.75, 3.05) is 13.6 Å². The van der Waals surface area contributed by atoms with Gasteiger partial charge in [0.05, 0.1) is 41.8 Å². The molecule has 164 valence electrons. The minimum Gasteiger partial charge on any atom is -0.444 e. The van der Waals surface area contributed by atoms with Gasteiger partial charge in [-0.15, -0.1) is 0 Å². The molecule has 2 amide bonds. The molecule has 2 aromatic heterocycles. The molecule has 8 heteroatoms. The minimum absolute atomic E-state index is 0.120. The number of rotatable bonds is 4. The van der Waals surface area contributed by atoms with Crippen molar-refractivity contribution >= 4 is 18.1 Å². The van der Waals surface area contributed by atoms with E-state index in [0.717, 1.165) is 29.8 Å². The van der Waals surface area contributed by atoms with Crippen molar-refractivity contribution in [3.8, 4) is 0 Å². The molecule has 0 radical (unpaired) electrons. The zero-order valence-corrected chi connectivity index (χ0v) is 18.6. The normalized spacial score (nSPS) is 17.0. The third kappa shape index (κ3) is 3.82. The lowest BCUT2D eigenvalue weighted by Gasteiger charge is -2.32. The van der Waals surface area contributed by atoms with E-state index in [9.17, 15) is 9.59 Å². The summed E-state index contributed by atoms with van der Waals surface area (Å²) >= 11 is 0. The number of fused-ring (bicyclic) bond motifs is 1. The Balaban J connectivity index is 1.58. The van der Waals surface area contributed by atoms with Crippen molar-refractivity contribution in [1.29, 1.82) is 0 Å². The van der Waals surface area contributed by atoms with Gasteiger partial charge in [-0.05, 0) is 45.2 Å². The number of carbonyl (C=O) groups excluding carboxylic acids is 2. The molecule has 0 atom stereocenters. The van der Waals surface area contributed by atoms with Crippen LogP contribution in [-0.4, -0.2) is 55.8 Å². The lowest BCUT2D eigenvalue weighted by molar-refractivity contribution is 0.0192. The summed E-state index contributed by atoms with van der Waals surface area (Å²) in [6.07, 6.45) is 6.45. The van der Waals surface area contributed by atoms with Gasteiger partial charge in [-0.1, -0.05) is 18.7 Å². The molecular formula is C23H29N5O3. The number of carbonyl (C=O) groups is 2. The van der Waals surface area contributed by atoms with Crippen molar-refractivity contribution < 1.29 is 14.3 Å². The zero-order valence-electron chi connectivity index (χ0n) is 18.6. The lowest BCUT2D eigenvalue weighted by atomic mass is 10.0. The van der Waals surface area contributed by atoms with Crippen molar-refractivity contribution in [3.63, 3.8) is 0 Å². The molecule has 8 nitrogen and oxygen atoms in total. The highest BCUT2D eigenvalue weighted by molar-refractivity contribution is 5.96. The van der Waals surface area contributed by atoms with E-state index < -0.39 is 11.1 Å². The van der Waals surface area contributed by atoms with E-state index in [0.29, 0.717) is 25.2 Å². The molecule has 2 aliphatic rings. The summed E-state index contributed by atoms with van der Waals surface area (Å²) in [5, 5.41) is 4.40. The van der Waals surface area contributed by atoms with E-state index in [1.807, 2.05) is 40.0 Å². The Morgan fingerprint density at radius 1 is 1.29 bits per heavy atom. The average Bonchev–Trinajstić information content (AvgIpc) is 3.44. The van der Waals surface area contributed by atoms with E-state index in [2.05, 4.69) is 16.7 Å². The molecule has 1 saturated carbocycles. The van der Waals surface area contributed by atoms with Crippen LogP contribution in [0.1, 0.15) is 60.9 Å². The molecule has 0 bridgehead atoms. The first kappa shape index (κ1) is 21.1. The maximum absolute atomic E-state index is 13.5. The first-order valence-corrected chi connectivity index (χ1v) is 10.5. The standard InChI is InChI=1S/C23H29N5O3/c1-6-16-8-7-11-24-19(16)23(9-10-23)26(5)20(29)17-14-25-28-13-12-27(15-18(17)28)21(30)31-22(2,3)4/h6-8,11,14H,1,9-10,12-13,15H2,2-5H3. The summed E-state index contributed by atoms with van der Waals surface area (Å²) in [6.45, 7) is 10.7. The Hall–Kier alpha value is -3.16. The van der Waals surface area contributed by atoms with Gasteiger partial charge in [-0.2, -0.15) is 5.10 Å². The topological polar surface area (TPSA) is 80.6 Å². The van der Waals surface area contributed by atoms with Gasteiger partial charge in [0.15, 0.2) is 0 Å². The molecule has 4 rings (SSSR count). The van der Waals surface area contributed by atoms with Gasteiger partial charge in [0.2, 0.25) is 0 Å². The van der Waals surface area contributed by atoms with Crippen LogP contribution in [0.15, 0.2) is 31.1 Å². The molecule has 1 aliphatic heterocycles. The highest BCUT2D eigenvalue weighted by Crippen LogP contribution is 2.51. The fourth-order valence-corrected chi connectivity index (χ4v) is 4.10. The summed E-state index contributed by atoms with van der Waals surface area (Å²) in [5.41, 5.74) is 2.05. The molecular weight excluding hydrogens is 394 g/mol. The number of nitrogens with zero attached hydrogens (tertiary/aromatic N) is 5. The van der Waals surface area contributed by atoms with Crippen LogP contribution in [0.2, 0.25) is 0 Å². The van der Waals surface area contributed by atoms with Gasteiger partial charge in [-0.3, -0.25) is 14.5 Å². The minimum atomic E-state index is -0.572. The second-order valence-corrected chi connectivity index (χ2v) is 9.17. The SMILES string of the molecule is C=Cc1cccnc1C1(N(C)C(=O)c2cnn3c2CN(C(=O)OC(C)(C)C)CC3)CC1. The molecule has 1 aliphatic carbocycles. The number of ether oxygens (including phenoxy) is 1. The summed E-state index contributed by atoms with van der Waals surface area (Å²) in [4.78, 5) is 34.0. The second kappa shape index (κ2) is 7.51. The summed E-state index contributed by atoms with van der Waals surface area (Å²) in [5.74, 6) is -0.120. The van der Waals surface area contributed by atoms with Crippen LogP contribution < -0.4 is 0 Å². The number of aromatic nitrogens is 3. The van der Waals surface area contributed by atoms with Crippen LogP contribution in [0.4, 0.5) is 4.79 Å². The largest absolute Gasteiger partial charge is 0.444 e. The molecule has 31 heavy (non-hydrogen) atoms. The summed E-state index contributed by atoms with van der Waals surface area (Å²) < 4.78 is 7.31. The molecule has 1 fully saturated rings. The monoisotopic (exact) mass is 423 g/mol. The second-order valence-electron chi connectivity index (χ2n) is 9.17. The predicted molar refractivity (Wildman–Crippen MR) is 116 cm³/mol. The summed E-state index contributed by atoms with van der Waals surface area (Å²) in [6, 6.07) is 3.84. The van der Waals surface area contributed by atoms with Gasteiger partial charge in [0, 0.05) is 19.8 Å². The molecule has 3 heterocycles. The number of amides is 2. The van der Waals surface area contributed by atoms with E-state index in [1.54, 1.807) is 33.0 Å². The van der Waals surface area contributed by atoms with Gasteiger partial charge >= 0.3 is 6.09 Å². The Kier molecular flexibility index (Phi) is 5.11. The fraction of sp³-hybridized carbons (Fsp3) is 0.478. The van der Waals surface area contributed by atoms with Crippen LogP contribution in [-0.2, 0) is 23.4 Å². The summed E-state index contributed by atoms with van der Waals surface area (Å²) in [7, 11) is 1.81. The van der Waals surface area contributed by atoms with Gasteiger partial charge in [0.1, 0.15) is 5.60 Å². The van der Waals surface area contributed by atoms with Crippen LogP contribution in [0.25, 0.3) is 6.08 Å². The smallest absolute Gasteiger partial charge is 0.410 e. The maximum Gasteiger partial charge on any atom is 0.410 e. The lowest BCUT2D eigenvalue weighted by Crippen LogP contribution is -2.43. The van der Waals surface area contributed by atoms with E-state index in [1.165, 1.54) is 0 Å². The first-order chi connectivity index (χ1) is 14.7. The van der Waals surface area contributed by atoms with Crippen LogP contribution in [0.5, 0.6) is 0 Å². The molecule has 2 aromatic rings. The van der Waals surface area contributed by atoms with E-state index >= 15 is 0 Å². The van der Waals surface area contributed by atoms with E-state index in [-0.39, 0.29) is 12.0 Å². The number of hydrogen-bond acceptors (Lipinski definition) is 5. The van der Waals surface area contributed by atoms with Crippen LogP contribution in [0.3, 0.4) is 0 Å². The van der Waals surface area contributed by atoms with Gasteiger partial charge < -0.3 is 14.5 Å². The Morgan fingerprint density at radius 3 is 2.68 bits per heavy atom. The highest BCUT2D eigenvalue weighted by atomic mass is 16.6. The Labute approximate surface area is 182 Å². The van der Waals surface area contributed by atoms with Crippen LogP contribution in [0, 0.1) is 0 Å². The zero-order chi connectivity index (χ0) is 22.4.